The van der Waals surface area contributed by atoms with Crippen LogP contribution in [0.5, 0.6) is 0 Å². The van der Waals surface area contributed by atoms with E-state index < -0.39 is 0 Å². The third-order valence-corrected chi connectivity index (χ3v) is 1.46. The van der Waals surface area contributed by atoms with Gasteiger partial charge < -0.3 is 4.74 Å². The molecular weight excluding hydrogens is 160 g/mol. The van der Waals surface area contributed by atoms with Crippen LogP contribution in [0, 0.1) is 12.3 Å². The van der Waals surface area contributed by atoms with Gasteiger partial charge in [-0.15, -0.1) is 6.42 Å². The molecule has 0 saturated heterocycles. The van der Waals surface area contributed by atoms with Crippen LogP contribution in [0.2, 0.25) is 0 Å². The van der Waals surface area contributed by atoms with E-state index in [4.69, 9.17) is 11.2 Å². The molecule has 0 aromatic heterocycles. The van der Waals surface area contributed by atoms with Gasteiger partial charge in [-0.3, -0.25) is 0 Å². The molecule has 0 heterocycles. The highest BCUT2D eigenvalue weighted by Gasteiger charge is 1.93. The third kappa shape index (κ3) is 5.81. The lowest BCUT2D eigenvalue weighted by molar-refractivity contribution is 0.244. The maximum atomic E-state index is 5.31. The lowest BCUT2D eigenvalue weighted by Crippen LogP contribution is -1.91. The maximum absolute atomic E-state index is 5.31. The molecular formula is C12H16O. The van der Waals surface area contributed by atoms with Gasteiger partial charge in [0.15, 0.2) is 0 Å². The minimum Gasteiger partial charge on any atom is -0.485 e. The highest BCUT2D eigenvalue weighted by Crippen LogP contribution is 2.07. The molecule has 0 bridgehead atoms. The summed E-state index contributed by atoms with van der Waals surface area (Å²) >= 11 is 0. The van der Waals surface area contributed by atoms with Gasteiger partial charge >= 0.3 is 0 Å². The Morgan fingerprint density at radius 2 is 2.31 bits per heavy atom. The van der Waals surface area contributed by atoms with Gasteiger partial charge in [0.1, 0.15) is 6.61 Å². The predicted molar refractivity (Wildman–Crippen MR) is 57.1 cm³/mol. The van der Waals surface area contributed by atoms with E-state index in [1.165, 1.54) is 0 Å². The number of ether oxygens (including phenoxy) is 1. The molecule has 0 radical (unpaired) electrons. The van der Waals surface area contributed by atoms with Crippen molar-refractivity contribution in [2.24, 2.45) is 0 Å². The van der Waals surface area contributed by atoms with Crippen LogP contribution in [0.3, 0.4) is 0 Å². The van der Waals surface area contributed by atoms with Gasteiger partial charge in [0, 0.05) is 6.42 Å². The predicted octanol–water partition coefficient (Wildman–Crippen LogP) is 3.06. The van der Waals surface area contributed by atoms with Crippen LogP contribution in [0.15, 0.2) is 36.1 Å². The summed E-state index contributed by atoms with van der Waals surface area (Å²) in [5.41, 5.74) is 1.11. The normalized spacial score (nSPS) is 12.1. The average Bonchev–Trinajstić information content (AvgIpc) is 2.12. The zero-order chi connectivity index (χ0) is 10.1. The second-order valence-electron chi connectivity index (χ2n) is 2.60. The largest absolute Gasteiger partial charge is 0.485 e. The van der Waals surface area contributed by atoms with E-state index in [2.05, 4.69) is 12.5 Å². The van der Waals surface area contributed by atoms with Crippen LogP contribution in [-0.2, 0) is 4.74 Å². The molecule has 0 aliphatic heterocycles. The quantitative estimate of drug-likeness (QED) is 0.355. The second-order valence-corrected chi connectivity index (χ2v) is 2.60. The van der Waals surface area contributed by atoms with Gasteiger partial charge in [0.2, 0.25) is 0 Å². The molecule has 0 atom stereocenters. The number of rotatable bonds is 5. The van der Waals surface area contributed by atoms with E-state index in [1.54, 1.807) is 6.08 Å². The summed E-state index contributed by atoms with van der Waals surface area (Å²) in [7, 11) is 0. The fraction of sp³-hybridized carbons (Fsp3) is 0.333. The first kappa shape index (κ1) is 11.6. The van der Waals surface area contributed by atoms with Crippen LogP contribution in [0.25, 0.3) is 0 Å². The van der Waals surface area contributed by atoms with E-state index in [0.29, 0.717) is 6.61 Å². The molecule has 0 N–H and O–H groups in total. The zero-order valence-corrected chi connectivity index (χ0v) is 8.34. The van der Waals surface area contributed by atoms with Gasteiger partial charge in [0.25, 0.3) is 0 Å². The Morgan fingerprint density at radius 1 is 1.62 bits per heavy atom. The molecule has 0 fully saturated rings. The Kier molecular flexibility index (Phi) is 6.45. The highest BCUT2D eigenvalue weighted by molar-refractivity contribution is 5.22. The van der Waals surface area contributed by atoms with E-state index >= 15 is 0 Å². The highest BCUT2D eigenvalue weighted by atomic mass is 16.5. The number of terminal acetylenes is 1. The molecule has 13 heavy (non-hydrogen) atoms. The van der Waals surface area contributed by atoms with E-state index in [9.17, 15) is 0 Å². The first-order valence-electron chi connectivity index (χ1n) is 4.30. The van der Waals surface area contributed by atoms with Gasteiger partial charge in [-0.1, -0.05) is 31.6 Å². The van der Waals surface area contributed by atoms with Crippen LogP contribution in [0.1, 0.15) is 20.3 Å². The number of allylic oxidation sites excluding steroid dienone is 5. The smallest absolute Gasteiger partial charge is 0.148 e. The molecule has 0 aliphatic rings. The lowest BCUT2D eigenvalue weighted by atomic mass is 10.2. The molecule has 1 nitrogen and oxygen atoms in total. The van der Waals surface area contributed by atoms with Crippen molar-refractivity contribution < 1.29 is 4.74 Å². The Morgan fingerprint density at radius 3 is 2.77 bits per heavy atom. The van der Waals surface area contributed by atoms with Crippen molar-refractivity contribution >= 4 is 0 Å². The molecule has 1 heteroatoms. The average molecular weight is 176 g/mol. The zero-order valence-electron chi connectivity index (χ0n) is 8.34. The Labute approximate surface area is 80.8 Å². The fourth-order valence-electron chi connectivity index (χ4n) is 0.868. The second kappa shape index (κ2) is 7.24. The van der Waals surface area contributed by atoms with Crippen LogP contribution in [-0.4, -0.2) is 6.61 Å². The summed E-state index contributed by atoms with van der Waals surface area (Å²) in [6, 6.07) is 0. The van der Waals surface area contributed by atoms with E-state index in [-0.39, 0.29) is 0 Å². The third-order valence-electron chi connectivity index (χ3n) is 1.46. The Balaban J connectivity index is 4.30. The molecule has 70 valence electrons. The summed E-state index contributed by atoms with van der Waals surface area (Å²) in [5, 5.41) is 0. The van der Waals surface area contributed by atoms with Gasteiger partial charge in [-0.2, -0.15) is 0 Å². The molecule has 0 aromatic carbocycles. The first-order valence-corrected chi connectivity index (χ1v) is 4.30. The van der Waals surface area contributed by atoms with Crippen molar-refractivity contribution in [3.05, 3.63) is 36.1 Å². The van der Waals surface area contributed by atoms with E-state index in [1.807, 2.05) is 26.0 Å². The molecule has 0 aliphatic carbocycles. The van der Waals surface area contributed by atoms with Crippen molar-refractivity contribution in [3.8, 4) is 12.3 Å². The number of hydrogen-bond donors (Lipinski definition) is 0. The van der Waals surface area contributed by atoms with Crippen molar-refractivity contribution in [1.29, 1.82) is 0 Å². The molecule has 0 rings (SSSR count). The standard InChI is InChI=1S/C12H16O/c1-5-8-11(4)10-12(7-3)13-9-6-2/h2,5,8,10H,1,7,9H2,3-4H3/b11-8-,12-10+. The summed E-state index contributed by atoms with van der Waals surface area (Å²) in [4.78, 5) is 0. The monoisotopic (exact) mass is 176 g/mol. The molecule has 0 spiro atoms. The fourth-order valence-corrected chi connectivity index (χ4v) is 0.868. The number of hydrogen-bond acceptors (Lipinski definition) is 1. The van der Waals surface area contributed by atoms with Gasteiger partial charge in [-0.05, 0) is 18.6 Å². The minimum absolute atomic E-state index is 0.334. The lowest BCUT2D eigenvalue weighted by Gasteiger charge is -2.04. The maximum Gasteiger partial charge on any atom is 0.148 e. The summed E-state index contributed by atoms with van der Waals surface area (Å²) in [6.45, 7) is 7.98. The summed E-state index contributed by atoms with van der Waals surface area (Å²) in [6.07, 6.45) is 11.6. The van der Waals surface area contributed by atoms with Gasteiger partial charge in [-0.25, -0.2) is 0 Å². The van der Waals surface area contributed by atoms with Crippen molar-refractivity contribution in [3.63, 3.8) is 0 Å². The SMILES string of the molecule is C#CCO/C(=C/C(C)=C\C=C)CC. The van der Waals surface area contributed by atoms with Crippen LogP contribution in [0.4, 0.5) is 0 Å². The molecule has 0 amide bonds. The van der Waals surface area contributed by atoms with Crippen LogP contribution >= 0.6 is 0 Å². The minimum atomic E-state index is 0.334. The Hall–Kier alpha value is -1.42. The molecule has 0 aromatic rings. The van der Waals surface area contributed by atoms with Gasteiger partial charge in [0.05, 0.1) is 5.76 Å². The van der Waals surface area contributed by atoms with E-state index in [0.717, 1.165) is 17.8 Å². The first-order chi connectivity index (χ1) is 6.24. The summed E-state index contributed by atoms with van der Waals surface area (Å²) in [5.74, 6) is 3.35. The van der Waals surface area contributed by atoms with Crippen molar-refractivity contribution in [1.82, 2.24) is 0 Å². The Bertz CT molecular complexity index is 251. The van der Waals surface area contributed by atoms with Crippen molar-refractivity contribution in [2.45, 2.75) is 20.3 Å². The van der Waals surface area contributed by atoms with Crippen molar-refractivity contribution in [2.75, 3.05) is 6.61 Å². The molecule has 0 saturated carbocycles. The summed E-state index contributed by atoms with van der Waals surface area (Å²) < 4.78 is 5.31. The molecule has 0 unspecified atom stereocenters. The topological polar surface area (TPSA) is 9.23 Å². The van der Waals surface area contributed by atoms with Crippen LogP contribution < -0.4 is 0 Å².